The van der Waals surface area contributed by atoms with E-state index in [0.29, 0.717) is 25.2 Å². The number of amides is 3. The van der Waals surface area contributed by atoms with Crippen LogP contribution in [0.5, 0.6) is 0 Å². The number of imide groups is 1. The Hall–Kier alpha value is -1.70. The largest absolute Gasteiger partial charge is 0.333 e. The summed E-state index contributed by atoms with van der Waals surface area (Å²) in [6.07, 6.45) is 2.52. The zero-order chi connectivity index (χ0) is 13.6. The predicted octanol–water partition coefficient (Wildman–Crippen LogP) is -0.630. The zero-order valence-electron chi connectivity index (χ0n) is 10.3. The predicted molar refractivity (Wildman–Crippen MR) is 63.9 cm³/mol. The molecule has 0 bridgehead atoms. The monoisotopic (exact) mass is 268 g/mol. The third kappa shape index (κ3) is 2.16. The van der Waals surface area contributed by atoms with Gasteiger partial charge in [0, 0.05) is 23.8 Å². The second-order valence-electron chi connectivity index (χ2n) is 5.57. The molecule has 3 aliphatic rings. The summed E-state index contributed by atoms with van der Waals surface area (Å²) in [5.74, 6) is -0.0425. The van der Waals surface area contributed by atoms with Gasteiger partial charge in [-0.3, -0.25) is 20.2 Å². The quantitative estimate of drug-likeness (QED) is 0.433. The molecule has 1 saturated carbocycles. The van der Waals surface area contributed by atoms with E-state index in [4.69, 9.17) is 0 Å². The van der Waals surface area contributed by atoms with Crippen LogP contribution in [-0.2, 0) is 4.79 Å². The Morgan fingerprint density at radius 2 is 1.95 bits per heavy atom. The van der Waals surface area contributed by atoms with Crippen molar-refractivity contribution in [1.29, 1.82) is 0 Å². The Morgan fingerprint density at radius 1 is 1.16 bits per heavy atom. The fourth-order valence-corrected chi connectivity index (χ4v) is 3.49. The van der Waals surface area contributed by atoms with Crippen LogP contribution < -0.4 is 16.0 Å². The molecule has 3 amide bonds. The van der Waals surface area contributed by atoms with Crippen LogP contribution in [0.25, 0.3) is 0 Å². The van der Waals surface area contributed by atoms with E-state index < -0.39 is 18.1 Å². The molecule has 3 rings (SSSR count). The molecule has 0 aromatic rings. The van der Waals surface area contributed by atoms with Gasteiger partial charge in [-0.1, -0.05) is 0 Å². The molecule has 2 saturated heterocycles. The molecule has 0 aromatic heterocycles. The smallest absolute Gasteiger partial charge is 0.321 e. The Bertz CT molecular complexity index is 440. The number of carbonyl (C=O) groups is 2. The summed E-state index contributed by atoms with van der Waals surface area (Å²) in [6, 6.07) is -1.65. The lowest BCUT2D eigenvalue weighted by Crippen LogP contribution is -2.71. The molecule has 0 aromatic carbocycles. The number of piperidine rings is 1. The van der Waals surface area contributed by atoms with Crippen molar-refractivity contribution in [3.63, 3.8) is 0 Å². The van der Waals surface area contributed by atoms with Crippen LogP contribution in [-0.4, -0.2) is 41.0 Å². The number of hydrogen-bond donors (Lipinski definition) is 3. The van der Waals surface area contributed by atoms with Crippen molar-refractivity contribution >= 4 is 11.9 Å². The number of nitrogens with one attached hydrogen (secondary N) is 3. The average molecular weight is 268 g/mol. The topological polar surface area (TPSA) is 113 Å². The van der Waals surface area contributed by atoms with Crippen molar-refractivity contribution in [3.05, 3.63) is 10.1 Å². The Labute approximate surface area is 109 Å². The van der Waals surface area contributed by atoms with E-state index in [0.717, 1.165) is 6.42 Å². The fraction of sp³-hybridized carbons (Fsp3) is 0.818. The minimum absolute atomic E-state index is 0.00819. The zero-order valence-corrected chi connectivity index (χ0v) is 10.3. The highest BCUT2D eigenvalue weighted by atomic mass is 16.6. The van der Waals surface area contributed by atoms with Gasteiger partial charge in [0.2, 0.25) is 11.9 Å². The molecule has 1 aliphatic carbocycles. The normalized spacial score (nSPS) is 41.6. The first kappa shape index (κ1) is 12.3. The Balaban J connectivity index is 1.72. The number of nitro groups is 1. The Kier molecular flexibility index (Phi) is 2.89. The van der Waals surface area contributed by atoms with Gasteiger partial charge in [0.25, 0.3) is 0 Å². The fourth-order valence-electron chi connectivity index (χ4n) is 3.49. The van der Waals surface area contributed by atoms with Crippen molar-refractivity contribution in [3.8, 4) is 0 Å². The first-order valence-electron chi connectivity index (χ1n) is 6.55. The van der Waals surface area contributed by atoms with Gasteiger partial charge in [-0.25, -0.2) is 4.79 Å². The minimum Gasteiger partial charge on any atom is -0.333 e. The minimum atomic E-state index is -0.522. The van der Waals surface area contributed by atoms with Crippen LogP contribution in [0, 0.1) is 16.0 Å². The third-order valence-electron chi connectivity index (χ3n) is 4.45. The summed E-state index contributed by atoms with van der Waals surface area (Å²) < 4.78 is 0. The second kappa shape index (κ2) is 4.44. The number of urea groups is 1. The summed E-state index contributed by atoms with van der Waals surface area (Å²) in [5, 5.41) is 19.0. The first-order valence-corrected chi connectivity index (χ1v) is 6.55. The molecule has 19 heavy (non-hydrogen) atoms. The van der Waals surface area contributed by atoms with Gasteiger partial charge in [-0.2, -0.15) is 0 Å². The van der Waals surface area contributed by atoms with E-state index in [2.05, 4.69) is 16.0 Å². The van der Waals surface area contributed by atoms with Crippen molar-refractivity contribution in [1.82, 2.24) is 16.0 Å². The van der Waals surface area contributed by atoms with Gasteiger partial charge in [0.1, 0.15) is 6.04 Å². The van der Waals surface area contributed by atoms with Crippen molar-refractivity contribution in [2.75, 3.05) is 0 Å². The molecule has 3 fully saturated rings. The molecule has 3 N–H and O–H groups in total. The van der Waals surface area contributed by atoms with E-state index in [-0.39, 0.29) is 22.9 Å². The van der Waals surface area contributed by atoms with Gasteiger partial charge in [0.15, 0.2) is 0 Å². The molecule has 0 spiro atoms. The maximum absolute atomic E-state index is 11.8. The standard InChI is InChI=1S/C11H16N4O4/c16-10-9-8(13-11(17)14-10)3-5-1-2-6(15(18)19)4-7(5)12-9/h5-9,12H,1-4H2,(H2,13,14,16,17). The maximum Gasteiger partial charge on any atom is 0.321 e. The number of hydrogen-bond acceptors (Lipinski definition) is 5. The molecule has 8 heteroatoms. The lowest BCUT2D eigenvalue weighted by atomic mass is 9.74. The third-order valence-corrected chi connectivity index (χ3v) is 4.45. The van der Waals surface area contributed by atoms with Crippen molar-refractivity contribution in [2.24, 2.45) is 5.92 Å². The SMILES string of the molecule is O=C1NC(=O)C2NC3CC([N+](=O)[O-])CCC3CC2N1. The lowest BCUT2D eigenvalue weighted by molar-refractivity contribution is -0.528. The van der Waals surface area contributed by atoms with Gasteiger partial charge >= 0.3 is 6.03 Å². The molecule has 104 valence electrons. The van der Waals surface area contributed by atoms with Crippen molar-refractivity contribution < 1.29 is 14.5 Å². The van der Waals surface area contributed by atoms with Crippen molar-refractivity contribution in [2.45, 2.75) is 49.9 Å². The Morgan fingerprint density at radius 3 is 2.68 bits per heavy atom. The number of fused-ring (bicyclic) bond motifs is 2. The van der Waals surface area contributed by atoms with E-state index in [1.807, 2.05) is 0 Å². The average Bonchev–Trinajstić information content (AvgIpc) is 2.36. The molecular formula is C11H16N4O4. The van der Waals surface area contributed by atoms with E-state index in [9.17, 15) is 19.7 Å². The maximum atomic E-state index is 11.8. The van der Waals surface area contributed by atoms with Crippen LogP contribution in [0.2, 0.25) is 0 Å². The van der Waals surface area contributed by atoms with Crippen LogP contribution in [0.1, 0.15) is 25.7 Å². The number of rotatable bonds is 1. The van der Waals surface area contributed by atoms with Gasteiger partial charge < -0.3 is 10.6 Å². The lowest BCUT2D eigenvalue weighted by Gasteiger charge is -2.46. The van der Waals surface area contributed by atoms with Gasteiger partial charge in [0.05, 0.1) is 6.04 Å². The molecule has 2 aliphatic heterocycles. The van der Waals surface area contributed by atoms with Gasteiger partial charge in [-0.15, -0.1) is 0 Å². The summed E-state index contributed by atoms with van der Waals surface area (Å²) in [7, 11) is 0. The highest BCUT2D eigenvalue weighted by Gasteiger charge is 2.47. The molecule has 5 unspecified atom stereocenters. The highest BCUT2D eigenvalue weighted by molar-refractivity contribution is 6.00. The highest BCUT2D eigenvalue weighted by Crippen LogP contribution is 2.34. The summed E-state index contributed by atoms with van der Waals surface area (Å²) in [5.41, 5.74) is 0. The molecular weight excluding hydrogens is 252 g/mol. The summed E-state index contributed by atoms with van der Waals surface area (Å²) >= 11 is 0. The molecule has 5 atom stereocenters. The van der Waals surface area contributed by atoms with Crippen LogP contribution >= 0.6 is 0 Å². The van der Waals surface area contributed by atoms with E-state index >= 15 is 0 Å². The van der Waals surface area contributed by atoms with Crippen LogP contribution in [0.3, 0.4) is 0 Å². The van der Waals surface area contributed by atoms with Crippen LogP contribution in [0.15, 0.2) is 0 Å². The van der Waals surface area contributed by atoms with E-state index in [1.165, 1.54) is 0 Å². The molecule has 2 heterocycles. The number of nitrogens with zero attached hydrogens (tertiary/aromatic N) is 1. The van der Waals surface area contributed by atoms with Crippen LogP contribution in [0.4, 0.5) is 4.79 Å². The molecule has 0 radical (unpaired) electrons. The first-order chi connectivity index (χ1) is 9.04. The van der Waals surface area contributed by atoms with E-state index in [1.54, 1.807) is 0 Å². The van der Waals surface area contributed by atoms with Gasteiger partial charge in [-0.05, 0) is 18.8 Å². The molecule has 8 nitrogen and oxygen atoms in total. The summed E-state index contributed by atoms with van der Waals surface area (Å²) in [6.45, 7) is 0. The number of carbonyl (C=O) groups excluding carboxylic acids is 2. The second-order valence-corrected chi connectivity index (χ2v) is 5.57. The summed E-state index contributed by atoms with van der Waals surface area (Å²) in [4.78, 5) is 33.7.